The Kier molecular flexibility index (Phi) is 3.76. The van der Waals surface area contributed by atoms with Gasteiger partial charge in [-0.3, -0.25) is 15.1 Å². The van der Waals surface area contributed by atoms with Gasteiger partial charge in [0, 0.05) is 17.8 Å². The monoisotopic (exact) mass is 331 g/mol. The highest BCUT2D eigenvalue weighted by atomic mass is 32.1. The van der Waals surface area contributed by atoms with Gasteiger partial charge in [0.25, 0.3) is 5.91 Å². The number of carbonyl (C=O) groups excluding carboxylic acids is 1. The number of hydrogen-bond donors (Lipinski definition) is 1. The Balaban J connectivity index is 1.61. The maximum absolute atomic E-state index is 12.6. The summed E-state index contributed by atoms with van der Waals surface area (Å²) in [5.74, 6) is -0.178. The summed E-state index contributed by atoms with van der Waals surface area (Å²) in [4.78, 5) is 22.2. The Labute approximate surface area is 142 Å². The molecule has 24 heavy (non-hydrogen) atoms. The van der Waals surface area contributed by atoms with Gasteiger partial charge in [0.05, 0.1) is 16.0 Å². The number of carbonyl (C=O) groups is 1. The van der Waals surface area contributed by atoms with Gasteiger partial charge >= 0.3 is 0 Å². The molecule has 4 rings (SSSR count). The van der Waals surface area contributed by atoms with Gasteiger partial charge < -0.3 is 0 Å². The van der Waals surface area contributed by atoms with Crippen molar-refractivity contribution >= 4 is 33.3 Å². The SMILES string of the molecule is O=C(Nc1ncc(-c2ccccc2)s1)c1ccnc2ccccc12. The van der Waals surface area contributed by atoms with Crippen LogP contribution in [-0.4, -0.2) is 15.9 Å². The normalized spacial score (nSPS) is 10.7. The molecule has 0 saturated carbocycles. The number of fused-ring (bicyclic) bond motifs is 1. The van der Waals surface area contributed by atoms with E-state index in [1.54, 1.807) is 18.5 Å². The lowest BCUT2D eigenvalue weighted by Gasteiger charge is -2.05. The van der Waals surface area contributed by atoms with Crippen molar-refractivity contribution in [1.82, 2.24) is 9.97 Å². The molecule has 1 amide bonds. The fourth-order valence-electron chi connectivity index (χ4n) is 2.53. The van der Waals surface area contributed by atoms with Gasteiger partial charge in [0.2, 0.25) is 0 Å². The smallest absolute Gasteiger partial charge is 0.258 e. The average molecular weight is 331 g/mol. The minimum absolute atomic E-state index is 0.178. The van der Waals surface area contributed by atoms with Gasteiger partial charge in [0.15, 0.2) is 5.13 Å². The fourth-order valence-corrected chi connectivity index (χ4v) is 3.34. The molecule has 1 N–H and O–H groups in total. The maximum Gasteiger partial charge on any atom is 0.258 e. The van der Waals surface area contributed by atoms with Gasteiger partial charge in [-0.1, -0.05) is 59.9 Å². The molecule has 0 aliphatic rings. The molecule has 0 bridgehead atoms. The molecule has 2 heterocycles. The zero-order chi connectivity index (χ0) is 16.4. The van der Waals surface area contributed by atoms with Crippen LogP contribution in [-0.2, 0) is 0 Å². The summed E-state index contributed by atoms with van der Waals surface area (Å²) in [7, 11) is 0. The van der Waals surface area contributed by atoms with Crippen LogP contribution in [0.4, 0.5) is 5.13 Å². The van der Waals surface area contributed by atoms with Crippen molar-refractivity contribution in [2.24, 2.45) is 0 Å². The molecule has 0 atom stereocenters. The fraction of sp³-hybridized carbons (Fsp3) is 0. The number of para-hydroxylation sites is 1. The van der Waals surface area contributed by atoms with E-state index < -0.39 is 0 Å². The number of rotatable bonds is 3. The summed E-state index contributed by atoms with van der Waals surface area (Å²) in [6, 6.07) is 19.3. The second kappa shape index (κ2) is 6.22. The first-order valence-electron chi connectivity index (χ1n) is 7.47. The van der Waals surface area contributed by atoms with Gasteiger partial charge in [-0.2, -0.15) is 0 Å². The molecule has 5 heteroatoms. The third kappa shape index (κ3) is 2.77. The van der Waals surface area contributed by atoms with Crippen molar-refractivity contribution < 1.29 is 4.79 Å². The van der Waals surface area contributed by atoms with E-state index in [2.05, 4.69) is 15.3 Å². The van der Waals surface area contributed by atoms with Crippen LogP contribution in [0.15, 0.2) is 73.1 Å². The van der Waals surface area contributed by atoms with E-state index in [-0.39, 0.29) is 5.91 Å². The van der Waals surface area contributed by atoms with Crippen LogP contribution < -0.4 is 5.32 Å². The van der Waals surface area contributed by atoms with Crippen LogP contribution in [0.3, 0.4) is 0 Å². The molecule has 0 fully saturated rings. The van der Waals surface area contributed by atoms with E-state index in [0.29, 0.717) is 10.7 Å². The Morgan fingerprint density at radius 2 is 1.71 bits per heavy atom. The minimum Gasteiger partial charge on any atom is -0.298 e. The maximum atomic E-state index is 12.6. The predicted octanol–water partition coefficient (Wildman–Crippen LogP) is 4.61. The van der Waals surface area contributed by atoms with Gasteiger partial charge in [-0.25, -0.2) is 4.98 Å². The summed E-state index contributed by atoms with van der Waals surface area (Å²) >= 11 is 1.46. The lowest BCUT2D eigenvalue weighted by molar-refractivity contribution is 0.102. The quantitative estimate of drug-likeness (QED) is 0.596. The first-order chi connectivity index (χ1) is 11.8. The van der Waals surface area contributed by atoms with Crippen LogP contribution in [0, 0.1) is 0 Å². The standard InChI is InChI=1S/C19H13N3OS/c23-18(15-10-11-20-16-9-5-4-8-14(15)16)22-19-21-12-17(24-19)13-6-2-1-3-7-13/h1-12H,(H,21,22,23). The summed E-state index contributed by atoms with van der Waals surface area (Å²) in [5.41, 5.74) is 2.48. The van der Waals surface area contributed by atoms with E-state index in [0.717, 1.165) is 21.3 Å². The highest BCUT2D eigenvalue weighted by Crippen LogP contribution is 2.29. The molecule has 0 aliphatic heterocycles. The summed E-state index contributed by atoms with van der Waals surface area (Å²) < 4.78 is 0. The Morgan fingerprint density at radius 1 is 0.917 bits per heavy atom. The molecule has 0 radical (unpaired) electrons. The van der Waals surface area contributed by atoms with Crippen molar-refractivity contribution in [3.8, 4) is 10.4 Å². The number of pyridine rings is 1. The van der Waals surface area contributed by atoms with Crippen molar-refractivity contribution in [2.75, 3.05) is 5.32 Å². The van der Waals surface area contributed by atoms with E-state index in [4.69, 9.17) is 0 Å². The lowest BCUT2D eigenvalue weighted by atomic mass is 10.1. The molecule has 0 saturated heterocycles. The second-order valence-electron chi connectivity index (χ2n) is 5.23. The average Bonchev–Trinajstić information content (AvgIpc) is 3.10. The molecule has 4 aromatic rings. The summed E-state index contributed by atoms with van der Waals surface area (Å²) in [6.07, 6.45) is 3.43. The number of aromatic nitrogens is 2. The second-order valence-corrected chi connectivity index (χ2v) is 6.26. The Hall–Kier alpha value is -3.05. The van der Waals surface area contributed by atoms with Gasteiger partial charge in [-0.15, -0.1) is 0 Å². The van der Waals surface area contributed by atoms with E-state index in [1.807, 2.05) is 54.6 Å². The van der Waals surface area contributed by atoms with Crippen LogP contribution >= 0.6 is 11.3 Å². The number of amides is 1. The topological polar surface area (TPSA) is 54.9 Å². The zero-order valence-corrected chi connectivity index (χ0v) is 13.5. The summed E-state index contributed by atoms with van der Waals surface area (Å²) in [6.45, 7) is 0. The van der Waals surface area contributed by atoms with Crippen molar-refractivity contribution in [3.05, 3.63) is 78.6 Å². The van der Waals surface area contributed by atoms with Crippen LogP contribution in [0.1, 0.15) is 10.4 Å². The van der Waals surface area contributed by atoms with Crippen molar-refractivity contribution in [2.45, 2.75) is 0 Å². The van der Waals surface area contributed by atoms with Crippen LogP contribution in [0.25, 0.3) is 21.3 Å². The van der Waals surface area contributed by atoms with Crippen molar-refractivity contribution in [1.29, 1.82) is 0 Å². The number of nitrogens with one attached hydrogen (secondary N) is 1. The van der Waals surface area contributed by atoms with Gasteiger partial charge in [0.1, 0.15) is 0 Å². The molecule has 116 valence electrons. The number of hydrogen-bond acceptors (Lipinski definition) is 4. The largest absolute Gasteiger partial charge is 0.298 e. The molecule has 4 nitrogen and oxygen atoms in total. The first kappa shape index (κ1) is 14.5. The molecule has 0 aliphatic carbocycles. The van der Waals surface area contributed by atoms with E-state index in [1.165, 1.54) is 11.3 Å². The molecular formula is C19H13N3OS. The molecule has 0 unspecified atom stereocenters. The molecule has 2 aromatic heterocycles. The highest BCUT2D eigenvalue weighted by molar-refractivity contribution is 7.19. The van der Waals surface area contributed by atoms with Crippen LogP contribution in [0.2, 0.25) is 0 Å². The highest BCUT2D eigenvalue weighted by Gasteiger charge is 2.13. The zero-order valence-electron chi connectivity index (χ0n) is 12.6. The molecule has 0 spiro atoms. The molecular weight excluding hydrogens is 318 g/mol. The molecule has 2 aromatic carbocycles. The summed E-state index contributed by atoms with van der Waals surface area (Å²) in [5, 5.41) is 4.30. The lowest BCUT2D eigenvalue weighted by Crippen LogP contribution is -2.12. The van der Waals surface area contributed by atoms with Crippen LogP contribution in [0.5, 0.6) is 0 Å². The van der Waals surface area contributed by atoms with E-state index >= 15 is 0 Å². The predicted molar refractivity (Wildman–Crippen MR) is 97.2 cm³/mol. The third-order valence-electron chi connectivity index (χ3n) is 3.68. The number of anilines is 1. The first-order valence-corrected chi connectivity index (χ1v) is 8.29. The van der Waals surface area contributed by atoms with E-state index in [9.17, 15) is 4.79 Å². The minimum atomic E-state index is -0.178. The number of benzene rings is 2. The Bertz CT molecular complexity index is 1010. The number of thiazole rings is 1. The van der Waals surface area contributed by atoms with Gasteiger partial charge in [-0.05, 0) is 17.7 Å². The Morgan fingerprint density at radius 3 is 2.58 bits per heavy atom. The third-order valence-corrected chi connectivity index (χ3v) is 4.64. The number of nitrogens with zero attached hydrogens (tertiary/aromatic N) is 2. The van der Waals surface area contributed by atoms with Crippen molar-refractivity contribution in [3.63, 3.8) is 0 Å².